The highest BCUT2D eigenvalue weighted by Gasteiger charge is 2.52. The number of ether oxygens (including phenoxy) is 2. The minimum Gasteiger partial charge on any atom is -0.423 e. The average molecular weight is 598 g/mol. The van der Waals surface area contributed by atoms with Crippen LogP contribution in [0.5, 0.6) is 11.5 Å². The van der Waals surface area contributed by atoms with E-state index in [9.17, 15) is 9.59 Å². The van der Waals surface area contributed by atoms with Gasteiger partial charge in [-0.25, -0.2) is 9.59 Å². The van der Waals surface area contributed by atoms with Gasteiger partial charge in [0.25, 0.3) is 0 Å². The van der Waals surface area contributed by atoms with E-state index >= 15 is 0 Å². The van der Waals surface area contributed by atoms with Gasteiger partial charge >= 0.3 is 19.1 Å². The van der Waals surface area contributed by atoms with Gasteiger partial charge in [-0.2, -0.15) is 0 Å². The van der Waals surface area contributed by atoms with Crippen molar-refractivity contribution in [1.82, 2.24) is 9.97 Å². The van der Waals surface area contributed by atoms with Gasteiger partial charge in [-0.15, -0.1) is 0 Å². The number of carbonyl (C=O) groups is 2. The summed E-state index contributed by atoms with van der Waals surface area (Å²) in [6.45, 7) is 7.76. The van der Waals surface area contributed by atoms with Crippen LogP contribution in [0, 0.1) is 0 Å². The molecule has 1 aliphatic rings. The molecule has 0 N–H and O–H groups in total. The summed E-state index contributed by atoms with van der Waals surface area (Å²) in [5, 5.41) is 0. The zero-order valence-corrected chi connectivity index (χ0v) is 25.4. The second kappa shape index (κ2) is 12.1. The number of aromatic nitrogens is 2. The average Bonchev–Trinajstić information content (AvgIpc) is 3.28. The standard InChI is InChI=1S/C36H31BN2O6/c1-35(2)36(3,4)45-37(44-35)28-19-29(42-33(40)26-15-17-31(38-22-26)24-11-7-5-8-12-24)21-30(20-28)43-34(41)27-16-18-32(39-23-27)25-13-9-6-10-14-25/h5-23H,1-4H3. The van der Waals surface area contributed by atoms with Crippen molar-refractivity contribution in [1.29, 1.82) is 0 Å². The predicted octanol–water partition coefficient (Wildman–Crippen LogP) is 6.55. The Labute approximate surface area is 262 Å². The minimum absolute atomic E-state index is 0.152. The topological polar surface area (TPSA) is 96.8 Å². The van der Waals surface area contributed by atoms with Crippen molar-refractivity contribution in [3.63, 3.8) is 0 Å². The number of pyridine rings is 2. The Morgan fingerprint density at radius 3 is 1.40 bits per heavy atom. The van der Waals surface area contributed by atoms with Crippen LogP contribution in [0.4, 0.5) is 0 Å². The molecule has 5 aromatic rings. The fourth-order valence-electron chi connectivity index (χ4n) is 4.75. The lowest BCUT2D eigenvalue weighted by atomic mass is 9.79. The Balaban J connectivity index is 1.25. The van der Waals surface area contributed by atoms with Gasteiger partial charge in [0.15, 0.2) is 0 Å². The van der Waals surface area contributed by atoms with E-state index in [4.69, 9.17) is 18.8 Å². The maximum absolute atomic E-state index is 13.2. The van der Waals surface area contributed by atoms with Crippen molar-refractivity contribution in [3.8, 4) is 34.0 Å². The lowest BCUT2D eigenvalue weighted by molar-refractivity contribution is 0.00578. The molecule has 0 atom stereocenters. The molecule has 3 aromatic carbocycles. The Kier molecular flexibility index (Phi) is 8.06. The van der Waals surface area contributed by atoms with Crippen LogP contribution in [0.15, 0.2) is 116 Å². The van der Waals surface area contributed by atoms with Crippen molar-refractivity contribution in [2.45, 2.75) is 38.9 Å². The molecule has 0 aliphatic carbocycles. The quantitative estimate of drug-likeness (QED) is 0.118. The van der Waals surface area contributed by atoms with Gasteiger partial charge in [-0.1, -0.05) is 60.7 Å². The van der Waals surface area contributed by atoms with E-state index in [1.165, 1.54) is 18.5 Å². The molecule has 0 unspecified atom stereocenters. The lowest BCUT2D eigenvalue weighted by Gasteiger charge is -2.32. The number of hydrogen-bond acceptors (Lipinski definition) is 8. The van der Waals surface area contributed by atoms with Gasteiger partial charge in [-0.05, 0) is 69.6 Å². The maximum atomic E-state index is 13.2. The highest BCUT2D eigenvalue weighted by molar-refractivity contribution is 6.62. The third kappa shape index (κ3) is 6.55. The fraction of sp³-hybridized carbons (Fsp3) is 0.167. The number of hydrogen-bond donors (Lipinski definition) is 0. The number of rotatable bonds is 7. The SMILES string of the molecule is CC1(C)OB(c2cc(OC(=O)c3ccc(-c4ccccc4)nc3)cc(OC(=O)c3ccc(-c4ccccc4)nc3)c2)OC1(C)C. The van der Waals surface area contributed by atoms with Gasteiger partial charge < -0.3 is 18.8 Å². The molecule has 9 heteroatoms. The molecule has 1 fully saturated rings. The smallest absolute Gasteiger partial charge is 0.423 e. The molecule has 0 bridgehead atoms. The summed E-state index contributed by atoms with van der Waals surface area (Å²) < 4.78 is 24.0. The molecule has 0 radical (unpaired) electrons. The van der Waals surface area contributed by atoms with Gasteiger partial charge in [0, 0.05) is 29.6 Å². The van der Waals surface area contributed by atoms with Crippen molar-refractivity contribution in [2.75, 3.05) is 0 Å². The van der Waals surface area contributed by atoms with Crippen LogP contribution in [0.3, 0.4) is 0 Å². The zero-order chi connectivity index (χ0) is 31.6. The van der Waals surface area contributed by atoms with Crippen LogP contribution in [0.25, 0.3) is 22.5 Å². The maximum Gasteiger partial charge on any atom is 0.495 e. The van der Waals surface area contributed by atoms with Crippen molar-refractivity contribution < 1.29 is 28.4 Å². The minimum atomic E-state index is -0.787. The van der Waals surface area contributed by atoms with Gasteiger partial charge in [0.05, 0.1) is 33.7 Å². The Hall–Kier alpha value is -5.12. The summed E-state index contributed by atoms with van der Waals surface area (Å²) in [5.74, 6) is -0.934. The molecule has 1 aliphatic heterocycles. The second-order valence-corrected chi connectivity index (χ2v) is 11.7. The van der Waals surface area contributed by atoms with Crippen LogP contribution >= 0.6 is 0 Å². The Bertz CT molecular complexity index is 1700. The molecular weight excluding hydrogens is 567 g/mol. The second-order valence-electron chi connectivity index (χ2n) is 11.7. The first-order valence-corrected chi connectivity index (χ1v) is 14.6. The number of carbonyl (C=O) groups excluding carboxylic acids is 2. The first-order chi connectivity index (χ1) is 21.6. The molecule has 45 heavy (non-hydrogen) atoms. The number of nitrogens with zero attached hydrogens (tertiary/aromatic N) is 2. The van der Waals surface area contributed by atoms with Crippen molar-refractivity contribution >= 4 is 24.5 Å². The van der Waals surface area contributed by atoms with Crippen LogP contribution in [-0.2, 0) is 9.31 Å². The van der Waals surface area contributed by atoms with E-state index in [-0.39, 0.29) is 22.6 Å². The molecular formula is C36H31BN2O6. The van der Waals surface area contributed by atoms with Gasteiger partial charge in [-0.3, -0.25) is 9.97 Å². The molecule has 0 spiro atoms. The first kappa shape index (κ1) is 29.9. The fourth-order valence-corrected chi connectivity index (χ4v) is 4.75. The third-order valence-electron chi connectivity index (χ3n) is 7.99. The van der Waals surface area contributed by atoms with Crippen LogP contribution < -0.4 is 14.9 Å². The molecule has 6 rings (SSSR count). The van der Waals surface area contributed by atoms with Gasteiger partial charge in [0.2, 0.25) is 0 Å². The van der Waals surface area contributed by atoms with Gasteiger partial charge in [0.1, 0.15) is 11.5 Å². The number of esters is 2. The molecule has 0 saturated carbocycles. The molecule has 0 amide bonds. The van der Waals surface area contributed by atoms with E-state index in [0.717, 1.165) is 22.5 Å². The normalized spacial score (nSPS) is 15.0. The van der Waals surface area contributed by atoms with Crippen molar-refractivity contribution in [3.05, 3.63) is 127 Å². The summed E-state index contributed by atoms with van der Waals surface area (Å²) in [4.78, 5) is 35.2. The predicted molar refractivity (Wildman–Crippen MR) is 171 cm³/mol. The van der Waals surface area contributed by atoms with Crippen molar-refractivity contribution in [2.24, 2.45) is 0 Å². The summed E-state index contributed by atoms with van der Waals surface area (Å²) in [6, 6.07) is 30.9. The van der Waals surface area contributed by atoms with Crippen LogP contribution in [0.2, 0.25) is 0 Å². The van der Waals surface area contributed by atoms with E-state index < -0.39 is 30.3 Å². The molecule has 224 valence electrons. The summed E-state index contributed by atoms with van der Waals surface area (Å²) in [7, 11) is -0.787. The molecule has 2 aromatic heterocycles. The van der Waals surface area contributed by atoms with E-state index in [0.29, 0.717) is 5.46 Å². The highest BCUT2D eigenvalue weighted by atomic mass is 16.7. The highest BCUT2D eigenvalue weighted by Crippen LogP contribution is 2.37. The Morgan fingerprint density at radius 1 is 0.600 bits per heavy atom. The molecule has 3 heterocycles. The number of benzene rings is 3. The zero-order valence-electron chi connectivity index (χ0n) is 25.4. The monoisotopic (exact) mass is 598 g/mol. The van der Waals surface area contributed by atoms with Crippen LogP contribution in [-0.4, -0.2) is 40.2 Å². The summed E-state index contributed by atoms with van der Waals surface area (Å²) in [5.41, 5.74) is 3.16. The summed E-state index contributed by atoms with van der Waals surface area (Å²) in [6.07, 6.45) is 2.94. The Morgan fingerprint density at radius 2 is 1.02 bits per heavy atom. The van der Waals surface area contributed by atoms with E-state index in [2.05, 4.69) is 9.97 Å². The molecule has 8 nitrogen and oxygen atoms in total. The third-order valence-corrected chi connectivity index (χ3v) is 7.99. The summed E-state index contributed by atoms with van der Waals surface area (Å²) >= 11 is 0. The largest absolute Gasteiger partial charge is 0.495 e. The van der Waals surface area contributed by atoms with E-state index in [1.54, 1.807) is 36.4 Å². The van der Waals surface area contributed by atoms with Crippen LogP contribution in [0.1, 0.15) is 48.4 Å². The lowest BCUT2D eigenvalue weighted by Crippen LogP contribution is -2.41. The molecule has 1 saturated heterocycles. The first-order valence-electron chi connectivity index (χ1n) is 14.6. The van der Waals surface area contributed by atoms with E-state index in [1.807, 2.05) is 88.4 Å².